The lowest BCUT2D eigenvalue weighted by atomic mass is 10.0. The highest BCUT2D eigenvalue weighted by Crippen LogP contribution is 2.14. The molecule has 0 bridgehead atoms. The van der Waals surface area contributed by atoms with Gasteiger partial charge in [-0.2, -0.15) is 17.4 Å². The Kier molecular flexibility index (Phi) is 4.73. The van der Waals surface area contributed by atoms with E-state index in [1.807, 2.05) is 20.8 Å². The highest BCUT2D eigenvalue weighted by atomic mass is 32.2. The SMILES string of the molecule is CC(NS(=O)(=O)N(C)C(C)C)C1CCNC1. The van der Waals surface area contributed by atoms with Gasteiger partial charge in [0.25, 0.3) is 10.2 Å². The van der Waals surface area contributed by atoms with E-state index in [0.717, 1.165) is 19.5 Å². The van der Waals surface area contributed by atoms with Crippen LogP contribution in [0.4, 0.5) is 0 Å². The summed E-state index contributed by atoms with van der Waals surface area (Å²) in [5.74, 6) is 0.398. The zero-order valence-electron chi connectivity index (χ0n) is 10.5. The molecule has 5 nitrogen and oxygen atoms in total. The average molecular weight is 249 g/mol. The van der Waals surface area contributed by atoms with Crippen LogP contribution in [-0.2, 0) is 10.2 Å². The predicted molar refractivity (Wildman–Crippen MR) is 65.4 cm³/mol. The maximum Gasteiger partial charge on any atom is 0.279 e. The van der Waals surface area contributed by atoms with Crippen LogP contribution in [0.1, 0.15) is 27.2 Å². The van der Waals surface area contributed by atoms with Gasteiger partial charge in [-0.25, -0.2) is 0 Å². The van der Waals surface area contributed by atoms with Crippen LogP contribution in [0.2, 0.25) is 0 Å². The second kappa shape index (κ2) is 5.44. The van der Waals surface area contributed by atoms with E-state index >= 15 is 0 Å². The molecule has 0 amide bonds. The Balaban J connectivity index is 2.58. The zero-order valence-corrected chi connectivity index (χ0v) is 11.3. The summed E-state index contributed by atoms with van der Waals surface area (Å²) in [7, 11) is -1.74. The minimum Gasteiger partial charge on any atom is -0.316 e. The summed E-state index contributed by atoms with van der Waals surface area (Å²) in [6.45, 7) is 7.54. The Morgan fingerprint density at radius 2 is 2.00 bits per heavy atom. The molecular weight excluding hydrogens is 226 g/mol. The Morgan fingerprint density at radius 1 is 1.38 bits per heavy atom. The fraction of sp³-hybridized carbons (Fsp3) is 1.00. The van der Waals surface area contributed by atoms with Gasteiger partial charge in [0, 0.05) is 19.1 Å². The molecule has 0 aromatic rings. The standard InChI is InChI=1S/C10H23N3O2S/c1-8(2)13(4)16(14,15)12-9(3)10-5-6-11-7-10/h8-12H,5-7H2,1-4H3. The van der Waals surface area contributed by atoms with Crippen LogP contribution in [-0.4, -0.2) is 44.9 Å². The summed E-state index contributed by atoms with van der Waals surface area (Å²) < 4.78 is 28.0. The normalized spacial score (nSPS) is 24.2. The predicted octanol–water partition coefficient (Wildman–Crippen LogP) is 0.159. The smallest absolute Gasteiger partial charge is 0.279 e. The van der Waals surface area contributed by atoms with Crippen molar-refractivity contribution in [2.24, 2.45) is 5.92 Å². The Morgan fingerprint density at radius 3 is 2.44 bits per heavy atom. The van der Waals surface area contributed by atoms with E-state index < -0.39 is 10.2 Å². The maximum absolute atomic E-state index is 11.9. The topological polar surface area (TPSA) is 61.4 Å². The summed E-state index contributed by atoms with van der Waals surface area (Å²) in [6.07, 6.45) is 1.04. The molecule has 0 radical (unpaired) electrons. The quantitative estimate of drug-likeness (QED) is 0.729. The van der Waals surface area contributed by atoms with Crippen molar-refractivity contribution in [2.75, 3.05) is 20.1 Å². The first-order valence-electron chi connectivity index (χ1n) is 5.80. The molecule has 0 aromatic heterocycles. The van der Waals surface area contributed by atoms with E-state index in [-0.39, 0.29) is 12.1 Å². The van der Waals surface area contributed by atoms with Gasteiger partial charge in [0.1, 0.15) is 0 Å². The molecule has 0 spiro atoms. The second-order valence-corrected chi connectivity index (χ2v) is 6.54. The van der Waals surface area contributed by atoms with Crippen molar-refractivity contribution >= 4 is 10.2 Å². The van der Waals surface area contributed by atoms with Gasteiger partial charge >= 0.3 is 0 Å². The summed E-state index contributed by atoms with van der Waals surface area (Å²) in [4.78, 5) is 0. The summed E-state index contributed by atoms with van der Waals surface area (Å²) in [5, 5.41) is 3.24. The fourth-order valence-corrected chi connectivity index (χ4v) is 3.18. The first-order valence-corrected chi connectivity index (χ1v) is 7.24. The molecule has 0 saturated carbocycles. The molecule has 96 valence electrons. The van der Waals surface area contributed by atoms with E-state index in [2.05, 4.69) is 10.0 Å². The Bertz CT molecular complexity index is 310. The van der Waals surface area contributed by atoms with Crippen LogP contribution in [0, 0.1) is 5.92 Å². The molecule has 1 aliphatic heterocycles. The van der Waals surface area contributed by atoms with Crippen molar-refractivity contribution in [3.8, 4) is 0 Å². The molecule has 2 atom stereocenters. The number of rotatable bonds is 5. The van der Waals surface area contributed by atoms with Gasteiger partial charge in [0.05, 0.1) is 0 Å². The number of hydrogen-bond donors (Lipinski definition) is 2. The fourth-order valence-electron chi connectivity index (χ4n) is 1.80. The lowest BCUT2D eigenvalue weighted by Gasteiger charge is -2.26. The van der Waals surface area contributed by atoms with E-state index in [1.54, 1.807) is 7.05 Å². The highest BCUT2D eigenvalue weighted by Gasteiger charge is 2.28. The first-order chi connectivity index (χ1) is 7.34. The van der Waals surface area contributed by atoms with E-state index in [1.165, 1.54) is 4.31 Å². The van der Waals surface area contributed by atoms with Gasteiger partial charge in [-0.05, 0) is 46.2 Å². The third-order valence-electron chi connectivity index (χ3n) is 3.25. The average Bonchev–Trinajstić information content (AvgIpc) is 2.68. The van der Waals surface area contributed by atoms with Crippen LogP contribution < -0.4 is 10.0 Å². The van der Waals surface area contributed by atoms with E-state index in [0.29, 0.717) is 5.92 Å². The summed E-state index contributed by atoms with van der Waals surface area (Å²) >= 11 is 0. The van der Waals surface area contributed by atoms with Crippen molar-refractivity contribution in [3.05, 3.63) is 0 Å². The third-order valence-corrected chi connectivity index (χ3v) is 5.10. The Labute approximate surface area is 98.8 Å². The molecule has 1 saturated heterocycles. The lowest BCUT2D eigenvalue weighted by Crippen LogP contribution is -2.47. The van der Waals surface area contributed by atoms with Crippen molar-refractivity contribution in [1.82, 2.24) is 14.3 Å². The second-order valence-electron chi connectivity index (χ2n) is 4.77. The Hall–Kier alpha value is -0.170. The molecule has 0 aromatic carbocycles. The first kappa shape index (κ1) is 13.9. The van der Waals surface area contributed by atoms with Crippen LogP contribution in [0.15, 0.2) is 0 Å². The van der Waals surface area contributed by atoms with Crippen LogP contribution in [0.5, 0.6) is 0 Å². The largest absolute Gasteiger partial charge is 0.316 e. The number of nitrogens with one attached hydrogen (secondary N) is 2. The van der Waals surface area contributed by atoms with E-state index in [4.69, 9.17) is 0 Å². The maximum atomic E-state index is 11.9. The molecule has 16 heavy (non-hydrogen) atoms. The minimum absolute atomic E-state index is 0.0128. The van der Waals surface area contributed by atoms with Gasteiger partial charge in [-0.3, -0.25) is 0 Å². The minimum atomic E-state index is -3.34. The molecule has 1 rings (SSSR count). The zero-order chi connectivity index (χ0) is 12.3. The highest BCUT2D eigenvalue weighted by molar-refractivity contribution is 7.87. The summed E-state index contributed by atoms with van der Waals surface area (Å²) in [6, 6.07) is -0.0346. The number of nitrogens with zero attached hydrogens (tertiary/aromatic N) is 1. The van der Waals surface area contributed by atoms with Gasteiger partial charge in [-0.15, -0.1) is 0 Å². The monoisotopic (exact) mass is 249 g/mol. The molecule has 2 unspecified atom stereocenters. The van der Waals surface area contributed by atoms with Gasteiger partial charge in [-0.1, -0.05) is 0 Å². The van der Waals surface area contributed by atoms with Crippen molar-refractivity contribution in [2.45, 2.75) is 39.3 Å². The van der Waals surface area contributed by atoms with Gasteiger partial charge < -0.3 is 5.32 Å². The van der Waals surface area contributed by atoms with E-state index in [9.17, 15) is 8.42 Å². The third kappa shape index (κ3) is 3.41. The lowest BCUT2D eigenvalue weighted by molar-refractivity contribution is 0.379. The molecule has 1 fully saturated rings. The van der Waals surface area contributed by atoms with Crippen molar-refractivity contribution < 1.29 is 8.42 Å². The molecular formula is C10H23N3O2S. The molecule has 1 heterocycles. The molecule has 1 aliphatic rings. The summed E-state index contributed by atoms with van der Waals surface area (Å²) in [5.41, 5.74) is 0. The van der Waals surface area contributed by atoms with Crippen LogP contribution in [0.25, 0.3) is 0 Å². The molecule has 2 N–H and O–H groups in total. The van der Waals surface area contributed by atoms with Gasteiger partial charge in [0.2, 0.25) is 0 Å². The van der Waals surface area contributed by atoms with Crippen LogP contribution >= 0.6 is 0 Å². The van der Waals surface area contributed by atoms with Crippen molar-refractivity contribution in [3.63, 3.8) is 0 Å². The van der Waals surface area contributed by atoms with Crippen LogP contribution in [0.3, 0.4) is 0 Å². The molecule has 6 heteroatoms. The van der Waals surface area contributed by atoms with Crippen molar-refractivity contribution in [1.29, 1.82) is 0 Å². The van der Waals surface area contributed by atoms with Gasteiger partial charge in [0.15, 0.2) is 0 Å². The number of hydrogen-bond acceptors (Lipinski definition) is 3. The molecule has 0 aliphatic carbocycles.